The lowest BCUT2D eigenvalue weighted by Crippen LogP contribution is -2.26. The van der Waals surface area contributed by atoms with Gasteiger partial charge in [0.15, 0.2) is 11.4 Å². The van der Waals surface area contributed by atoms with Gasteiger partial charge in [0.2, 0.25) is 5.78 Å². The van der Waals surface area contributed by atoms with Crippen LogP contribution in [-0.2, 0) is 0 Å². The van der Waals surface area contributed by atoms with E-state index in [1.54, 1.807) is 36.4 Å². The van der Waals surface area contributed by atoms with E-state index in [1.165, 1.54) is 10.9 Å². The van der Waals surface area contributed by atoms with Crippen LogP contribution in [0.15, 0.2) is 54.7 Å². The van der Waals surface area contributed by atoms with Crippen LogP contribution in [0.3, 0.4) is 0 Å². The van der Waals surface area contributed by atoms with Crippen molar-refractivity contribution in [2.75, 3.05) is 18.4 Å². The van der Waals surface area contributed by atoms with Crippen LogP contribution < -0.4 is 10.6 Å². The summed E-state index contributed by atoms with van der Waals surface area (Å²) in [6.07, 6.45) is 1.88. The zero-order valence-electron chi connectivity index (χ0n) is 18.7. The SMILES string of the molecule is Cc1ccc(C(=O)c2nn(-c3ccc(Cl)cc3)c(NCCCNC(=O)c3cn[nH]n3)c2C#N)cc1. The molecule has 4 aromatic rings. The van der Waals surface area contributed by atoms with E-state index in [0.29, 0.717) is 41.6 Å². The van der Waals surface area contributed by atoms with Gasteiger partial charge in [-0.15, -0.1) is 0 Å². The summed E-state index contributed by atoms with van der Waals surface area (Å²) in [7, 11) is 0. The lowest BCUT2D eigenvalue weighted by atomic mass is 10.0. The van der Waals surface area contributed by atoms with Crippen LogP contribution in [0.5, 0.6) is 0 Å². The molecular weight excluding hydrogens is 468 g/mol. The second kappa shape index (κ2) is 10.6. The highest BCUT2D eigenvalue weighted by Crippen LogP contribution is 2.26. The van der Waals surface area contributed by atoms with Crippen LogP contribution in [0, 0.1) is 18.3 Å². The molecule has 0 aliphatic rings. The van der Waals surface area contributed by atoms with Gasteiger partial charge in [0, 0.05) is 23.7 Å². The molecule has 0 saturated heterocycles. The van der Waals surface area contributed by atoms with Crippen molar-refractivity contribution in [2.45, 2.75) is 13.3 Å². The molecule has 0 aliphatic heterocycles. The van der Waals surface area contributed by atoms with Crippen molar-refractivity contribution in [3.63, 3.8) is 0 Å². The smallest absolute Gasteiger partial charge is 0.273 e. The number of anilines is 1. The number of rotatable bonds is 9. The van der Waals surface area contributed by atoms with E-state index in [2.05, 4.69) is 37.2 Å². The van der Waals surface area contributed by atoms with Gasteiger partial charge in [0.25, 0.3) is 5.91 Å². The molecule has 176 valence electrons. The summed E-state index contributed by atoms with van der Waals surface area (Å²) in [5, 5.41) is 30.6. The normalized spacial score (nSPS) is 10.5. The number of amides is 1. The second-order valence-electron chi connectivity index (χ2n) is 7.66. The molecule has 0 spiro atoms. The van der Waals surface area contributed by atoms with E-state index in [4.69, 9.17) is 11.6 Å². The number of halogens is 1. The molecule has 0 unspecified atom stereocenters. The lowest BCUT2D eigenvalue weighted by molar-refractivity contribution is 0.0947. The number of aromatic amines is 1. The standard InChI is InChI=1S/C24H21ClN8O2/c1-15-3-5-16(6-4-15)22(34)21-19(13-26)23(33(31-21)18-9-7-17(25)8-10-18)27-11-2-12-28-24(35)20-14-29-32-30-20/h3-10,14,27H,2,11-12H2,1H3,(H,28,35)(H,29,30,32). The number of H-pyrrole nitrogens is 1. The number of aryl methyl sites for hydroxylation is 1. The number of hydrogen-bond acceptors (Lipinski definition) is 7. The number of nitrogens with zero attached hydrogens (tertiary/aromatic N) is 5. The molecule has 0 atom stereocenters. The predicted octanol–water partition coefficient (Wildman–Crippen LogP) is 3.29. The molecule has 2 heterocycles. The van der Waals surface area contributed by atoms with Crippen molar-refractivity contribution < 1.29 is 9.59 Å². The average Bonchev–Trinajstić information content (AvgIpc) is 3.53. The number of carbonyl (C=O) groups excluding carboxylic acids is 2. The minimum Gasteiger partial charge on any atom is -0.369 e. The third-order valence-electron chi connectivity index (χ3n) is 5.18. The van der Waals surface area contributed by atoms with E-state index in [9.17, 15) is 14.9 Å². The Morgan fingerprint density at radius 3 is 2.51 bits per heavy atom. The lowest BCUT2D eigenvalue weighted by Gasteiger charge is -2.10. The maximum absolute atomic E-state index is 13.2. The Kier molecular flexibility index (Phi) is 7.18. The van der Waals surface area contributed by atoms with Crippen LogP contribution in [0.2, 0.25) is 5.02 Å². The fraction of sp³-hybridized carbons (Fsp3) is 0.167. The molecule has 4 rings (SSSR count). The fourth-order valence-electron chi connectivity index (χ4n) is 3.36. The maximum atomic E-state index is 13.2. The molecule has 2 aromatic carbocycles. The second-order valence-corrected chi connectivity index (χ2v) is 8.10. The van der Waals surface area contributed by atoms with E-state index in [-0.39, 0.29) is 28.6 Å². The average molecular weight is 489 g/mol. The zero-order chi connectivity index (χ0) is 24.8. The number of benzene rings is 2. The predicted molar refractivity (Wildman–Crippen MR) is 130 cm³/mol. The van der Waals surface area contributed by atoms with Gasteiger partial charge in [-0.25, -0.2) is 4.68 Å². The number of nitriles is 1. The molecule has 10 nitrogen and oxygen atoms in total. The summed E-state index contributed by atoms with van der Waals surface area (Å²) >= 11 is 6.03. The Morgan fingerprint density at radius 1 is 1.11 bits per heavy atom. The van der Waals surface area contributed by atoms with Crippen LogP contribution in [-0.4, -0.2) is 50.0 Å². The van der Waals surface area contributed by atoms with Crippen molar-refractivity contribution in [3.8, 4) is 11.8 Å². The third kappa shape index (κ3) is 5.37. The van der Waals surface area contributed by atoms with E-state index in [0.717, 1.165) is 5.56 Å². The Balaban J connectivity index is 1.57. The summed E-state index contributed by atoms with van der Waals surface area (Å²) in [5.74, 6) is -0.307. The molecule has 2 aromatic heterocycles. The van der Waals surface area contributed by atoms with Crippen LogP contribution in [0.1, 0.15) is 44.1 Å². The van der Waals surface area contributed by atoms with Gasteiger partial charge in [-0.2, -0.15) is 25.8 Å². The quantitative estimate of drug-likeness (QED) is 0.242. The van der Waals surface area contributed by atoms with Crippen molar-refractivity contribution in [1.82, 2.24) is 30.5 Å². The summed E-state index contributed by atoms with van der Waals surface area (Å²) in [5.41, 5.74) is 2.48. The van der Waals surface area contributed by atoms with Gasteiger partial charge in [-0.05, 0) is 37.6 Å². The van der Waals surface area contributed by atoms with Crippen molar-refractivity contribution in [2.24, 2.45) is 0 Å². The fourth-order valence-corrected chi connectivity index (χ4v) is 3.48. The molecule has 35 heavy (non-hydrogen) atoms. The first-order valence-corrected chi connectivity index (χ1v) is 11.1. The van der Waals surface area contributed by atoms with E-state index in [1.807, 2.05) is 19.1 Å². The van der Waals surface area contributed by atoms with Gasteiger partial charge in [0.1, 0.15) is 17.5 Å². The Labute approximate surface area is 205 Å². The summed E-state index contributed by atoms with van der Waals surface area (Å²) in [6.45, 7) is 2.70. The van der Waals surface area contributed by atoms with Crippen molar-refractivity contribution >= 4 is 29.1 Å². The first kappa shape index (κ1) is 23.7. The molecule has 11 heteroatoms. The van der Waals surface area contributed by atoms with Crippen molar-refractivity contribution in [1.29, 1.82) is 5.26 Å². The molecule has 0 bridgehead atoms. The third-order valence-corrected chi connectivity index (χ3v) is 5.43. The topological polar surface area (TPSA) is 141 Å². The Hall–Kier alpha value is -4.49. The van der Waals surface area contributed by atoms with Gasteiger partial charge in [-0.3, -0.25) is 9.59 Å². The van der Waals surface area contributed by atoms with E-state index >= 15 is 0 Å². The minimum absolute atomic E-state index is 0.0492. The summed E-state index contributed by atoms with van der Waals surface area (Å²) in [6, 6.07) is 16.1. The maximum Gasteiger partial charge on any atom is 0.273 e. The molecule has 0 saturated carbocycles. The summed E-state index contributed by atoms with van der Waals surface area (Å²) < 4.78 is 1.52. The van der Waals surface area contributed by atoms with Gasteiger partial charge < -0.3 is 10.6 Å². The zero-order valence-corrected chi connectivity index (χ0v) is 19.5. The molecule has 3 N–H and O–H groups in total. The van der Waals surface area contributed by atoms with Gasteiger partial charge in [-0.1, -0.05) is 41.4 Å². The number of hydrogen-bond donors (Lipinski definition) is 3. The number of ketones is 1. The monoisotopic (exact) mass is 488 g/mol. The minimum atomic E-state index is -0.350. The number of carbonyl (C=O) groups is 2. The van der Waals surface area contributed by atoms with Crippen LogP contribution >= 0.6 is 11.6 Å². The molecule has 1 amide bonds. The first-order chi connectivity index (χ1) is 17.0. The highest BCUT2D eigenvalue weighted by molar-refractivity contribution is 6.30. The Bertz CT molecular complexity index is 1370. The van der Waals surface area contributed by atoms with Crippen LogP contribution in [0.25, 0.3) is 5.69 Å². The Morgan fingerprint density at radius 2 is 1.86 bits per heavy atom. The highest BCUT2D eigenvalue weighted by Gasteiger charge is 2.25. The first-order valence-electron chi connectivity index (χ1n) is 10.8. The molecule has 0 fully saturated rings. The molecule has 0 radical (unpaired) electrons. The molecule has 0 aliphatic carbocycles. The van der Waals surface area contributed by atoms with Crippen molar-refractivity contribution in [3.05, 3.63) is 87.8 Å². The number of aromatic nitrogens is 5. The summed E-state index contributed by atoms with van der Waals surface area (Å²) in [4.78, 5) is 25.2. The van der Waals surface area contributed by atoms with Crippen LogP contribution in [0.4, 0.5) is 5.82 Å². The molecular formula is C24H21ClN8O2. The van der Waals surface area contributed by atoms with Gasteiger partial charge >= 0.3 is 0 Å². The largest absolute Gasteiger partial charge is 0.369 e. The number of nitrogens with one attached hydrogen (secondary N) is 3. The van der Waals surface area contributed by atoms with Gasteiger partial charge in [0.05, 0.1) is 11.9 Å². The highest BCUT2D eigenvalue weighted by atomic mass is 35.5. The van der Waals surface area contributed by atoms with E-state index < -0.39 is 0 Å².